The molecule has 7 nitrogen and oxygen atoms in total. The molecule has 1 amide bonds. The molecule has 2 aromatic carbocycles. The lowest BCUT2D eigenvalue weighted by molar-refractivity contribution is 0.0954. The zero-order valence-corrected chi connectivity index (χ0v) is 16.9. The lowest BCUT2D eigenvalue weighted by atomic mass is 10.0. The molecule has 0 radical (unpaired) electrons. The number of aromatic nitrogens is 4. The second-order valence-electron chi connectivity index (χ2n) is 7.79. The first-order valence-corrected chi connectivity index (χ1v) is 9.73. The van der Waals surface area contributed by atoms with Gasteiger partial charge >= 0.3 is 0 Å². The largest absolute Gasteiger partial charge is 0.382 e. The van der Waals surface area contributed by atoms with Gasteiger partial charge in [0.25, 0.3) is 5.91 Å². The summed E-state index contributed by atoms with van der Waals surface area (Å²) >= 11 is 0. The molecule has 1 atom stereocenters. The summed E-state index contributed by atoms with van der Waals surface area (Å²) in [5.41, 5.74) is 10.2. The third-order valence-corrected chi connectivity index (χ3v) is 5.75. The highest BCUT2D eigenvalue weighted by molar-refractivity contribution is 6.10. The van der Waals surface area contributed by atoms with E-state index in [1.807, 2.05) is 32.2 Å². The number of amides is 1. The minimum atomic E-state index is -0.286. The molecule has 0 aliphatic carbocycles. The summed E-state index contributed by atoms with van der Waals surface area (Å²) in [6, 6.07) is 10.5. The van der Waals surface area contributed by atoms with Crippen LogP contribution in [-0.2, 0) is 7.05 Å². The lowest BCUT2D eigenvalue weighted by Gasteiger charge is -2.32. The highest BCUT2D eigenvalue weighted by Gasteiger charge is 2.34. The lowest BCUT2D eigenvalue weighted by Crippen LogP contribution is -2.42. The second-order valence-corrected chi connectivity index (χ2v) is 7.79. The van der Waals surface area contributed by atoms with Crippen molar-refractivity contribution in [2.45, 2.75) is 19.9 Å². The number of carbonyl (C=O) groups is 1. The SMILES string of the molecule is Cc1cc(N2C[C@H](C)n3ncc(-c4ccc5c(N)nn(C)c5c4)c3C2=O)ccc1F. The van der Waals surface area contributed by atoms with E-state index in [1.54, 1.807) is 39.5 Å². The molecule has 3 heterocycles. The van der Waals surface area contributed by atoms with Crippen molar-refractivity contribution in [3.63, 3.8) is 0 Å². The predicted molar refractivity (Wildman–Crippen MR) is 114 cm³/mol. The predicted octanol–water partition coefficient (Wildman–Crippen LogP) is 3.69. The van der Waals surface area contributed by atoms with Crippen LogP contribution in [0.3, 0.4) is 0 Å². The summed E-state index contributed by atoms with van der Waals surface area (Å²) in [7, 11) is 1.84. The van der Waals surface area contributed by atoms with Crippen molar-refractivity contribution in [1.29, 1.82) is 0 Å². The number of rotatable bonds is 2. The molecule has 2 aromatic heterocycles. The third-order valence-electron chi connectivity index (χ3n) is 5.75. The summed E-state index contributed by atoms with van der Waals surface area (Å²) in [5, 5.41) is 9.62. The summed E-state index contributed by atoms with van der Waals surface area (Å²) < 4.78 is 17.2. The van der Waals surface area contributed by atoms with Crippen molar-refractivity contribution in [3.05, 3.63) is 59.7 Å². The van der Waals surface area contributed by atoms with Crippen LogP contribution in [0.15, 0.2) is 42.6 Å². The molecule has 152 valence electrons. The normalized spacial score (nSPS) is 16.3. The van der Waals surface area contributed by atoms with Gasteiger partial charge < -0.3 is 10.6 Å². The van der Waals surface area contributed by atoms with E-state index < -0.39 is 0 Å². The first-order valence-electron chi connectivity index (χ1n) is 9.73. The molecular weight excluding hydrogens is 383 g/mol. The van der Waals surface area contributed by atoms with Crippen LogP contribution in [0.2, 0.25) is 0 Å². The molecule has 8 heteroatoms. The number of nitrogen functional groups attached to an aromatic ring is 1. The van der Waals surface area contributed by atoms with Crippen molar-refractivity contribution in [3.8, 4) is 11.1 Å². The van der Waals surface area contributed by atoms with Gasteiger partial charge in [-0.1, -0.05) is 6.07 Å². The molecule has 4 aromatic rings. The minimum absolute atomic E-state index is 0.0205. The van der Waals surface area contributed by atoms with Crippen LogP contribution < -0.4 is 10.6 Å². The van der Waals surface area contributed by atoms with Crippen LogP contribution in [0.1, 0.15) is 29.0 Å². The van der Waals surface area contributed by atoms with Gasteiger partial charge in [-0.15, -0.1) is 0 Å². The van der Waals surface area contributed by atoms with Gasteiger partial charge in [0, 0.05) is 30.2 Å². The molecule has 0 fully saturated rings. The Morgan fingerprint density at radius 1 is 1.20 bits per heavy atom. The Balaban J connectivity index is 1.63. The Kier molecular flexibility index (Phi) is 3.92. The zero-order valence-electron chi connectivity index (χ0n) is 16.9. The first-order chi connectivity index (χ1) is 14.3. The molecule has 1 aliphatic rings. The molecule has 0 saturated carbocycles. The molecule has 1 aliphatic heterocycles. The van der Waals surface area contributed by atoms with Crippen molar-refractivity contribution < 1.29 is 9.18 Å². The van der Waals surface area contributed by atoms with Crippen molar-refractivity contribution >= 4 is 28.3 Å². The molecule has 0 saturated heterocycles. The Labute approximate surface area is 172 Å². The number of carbonyl (C=O) groups excluding carboxylic acids is 1. The van der Waals surface area contributed by atoms with Crippen molar-refractivity contribution in [2.75, 3.05) is 17.2 Å². The van der Waals surface area contributed by atoms with Gasteiger partial charge in [-0.3, -0.25) is 14.2 Å². The van der Waals surface area contributed by atoms with Gasteiger partial charge in [0.15, 0.2) is 5.82 Å². The third kappa shape index (κ3) is 2.60. The molecular formula is C22H21FN6O. The van der Waals surface area contributed by atoms with Crippen molar-refractivity contribution in [1.82, 2.24) is 19.6 Å². The Morgan fingerprint density at radius 3 is 2.77 bits per heavy atom. The number of hydrogen-bond donors (Lipinski definition) is 1. The number of halogens is 1. The number of benzene rings is 2. The van der Waals surface area contributed by atoms with E-state index in [9.17, 15) is 9.18 Å². The molecule has 0 spiro atoms. The average Bonchev–Trinajstić information content (AvgIpc) is 3.29. The second kappa shape index (κ2) is 6.41. The van der Waals surface area contributed by atoms with Gasteiger partial charge in [-0.25, -0.2) is 4.39 Å². The van der Waals surface area contributed by atoms with Gasteiger partial charge in [-0.05, 0) is 55.3 Å². The van der Waals surface area contributed by atoms with Crippen LogP contribution >= 0.6 is 0 Å². The number of fused-ring (bicyclic) bond motifs is 2. The fourth-order valence-electron chi connectivity index (χ4n) is 4.15. The Morgan fingerprint density at radius 2 is 2.00 bits per heavy atom. The monoisotopic (exact) mass is 404 g/mol. The Bertz CT molecular complexity index is 1320. The summed E-state index contributed by atoms with van der Waals surface area (Å²) in [4.78, 5) is 15.2. The summed E-state index contributed by atoms with van der Waals surface area (Å²) in [6.07, 6.45) is 1.73. The number of hydrogen-bond acceptors (Lipinski definition) is 4. The van der Waals surface area contributed by atoms with Gasteiger partial charge in [0.2, 0.25) is 0 Å². The maximum absolute atomic E-state index is 13.7. The standard InChI is InChI=1S/C22H21FN6O/c1-12-8-15(5-7-18(12)23)28-11-13(2)29-20(22(28)30)17(10-25-29)14-4-6-16-19(9-14)27(3)26-21(16)24/h4-10,13H,11H2,1-3H3,(H2,24,26)/t13-/m0/s1. The minimum Gasteiger partial charge on any atom is -0.382 e. The number of nitrogens with two attached hydrogens (primary N) is 1. The fourth-order valence-corrected chi connectivity index (χ4v) is 4.15. The maximum Gasteiger partial charge on any atom is 0.277 e. The quantitative estimate of drug-likeness (QED) is 0.552. The zero-order chi connectivity index (χ0) is 21.2. The van der Waals surface area contributed by atoms with Crippen LogP contribution in [0.4, 0.5) is 15.9 Å². The molecule has 5 rings (SSSR count). The van der Waals surface area contributed by atoms with E-state index in [1.165, 1.54) is 6.07 Å². The van der Waals surface area contributed by atoms with Crippen LogP contribution in [-0.4, -0.2) is 32.0 Å². The van der Waals surface area contributed by atoms with Gasteiger partial charge in [-0.2, -0.15) is 10.2 Å². The number of aryl methyl sites for hydroxylation is 2. The highest BCUT2D eigenvalue weighted by atomic mass is 19.1. The average molecular weight is 404 g/mol. The van der Waals surface area contributed by atoms with E-state index in [0.29, 0.717) is 29.3 Å². The molecule has 30 heavy (non-hydrogen) atoms. The first kappa shape index (κ1) is 18.4. The maximum atomic E-state index is 13.7. The van der Waals surface area contributed by atoms with Crippen molar-refractivity contribution in [2.24, 2.45) is 7.05 Å². The Hall–Kier alpha value is -3.68. The van der Waals surface area contributed by atoms with Crippen LogP contribution in [0.5, 0.6) is 0 Å². The van der Waals surface area contributed by atoms with Gasteiger partial charge in [0.1, 0.15) is 11.5 Å². The summed E-state index contributed by atoms with van der Waals surface area (Å²) in [5.74, 6) is 0.0283. The van der Waals surface area contributed by atoms with E-state index >= 15 is 0 Å². The van der Waals surface area contributed by atoms with E-state index in [2.05, 4.69) is 10.2 Å². The smallest absolute Gasteiger partial charge is 0.277 e. The van der Waals surface area contributed by atoms with Gasteiger partial charge in [0.05, 0.1) is 17.8 Å². The van der Waals surface area contributed by atoms with E-state index in [4.69, 9.17) is 5.73 Å². The summed E-state index contributed by atoms with van der Waals surface area (Å²) in [6.45, 7) is 4.18. The van der Waals surface area contributed by atoms with Crippen LogP contribution in [0, 0.1) is 12.7 Å². The molecule has 0 unspecified atom stereocenters. The number of nitrogens with zero attached hydrogens (tertiary/aromatic N) is 5. The van der Waals surface area contributed by atoms with E-state index in [0.717, 1.165) is 22.0 Å². The number of anilines is 2. The topological polar surface area (TPSA) is 82.0 Å². The van der Waals surface area contributed by atoms with E-state index in [-0.39, 0.29) is 17.8 Å². The highest BCUT2D eigenvalue weighted by Crippen LogP contribution is 2.34. The molecule has 0 bridgehead atoms. The van der Waals surface area contributed by atoms with Crippen LogP contribution in [0.25, 0.3) is 22.0 Å². The fraction of sp³-hybridized carbons (Fsp3) is 0.227. The molecule has 2 N–H and O–H groups in total.